The van der Waals surface area contributed by atoms with Gasteiger partial charge in [0.1, 0.15) is 0 Å². The second kappa shape index (κ2) is 4.29. The Bertz CT molecular complexity index is 413. The summed E-state index contributed by atoms with van der Waals surface area (Å²) in [5.41, 5.74) is 2.05. The fourth-order valence-corrected chi connectivity index (χ4v) is 4.04. The highest BCUT2D eigenvalue weighted by molar-refractivity contribution is 6.30. The lowest BCUT2D eigenvalue weighted by atomic mass is 9.85. The van der Waals surface area contributed by atoms with Crippen molar-refractivity contribution in [3.05, 3.63) is 34.9 Å². The number of halogens is 1. The summed E-state index contributed by atoms with van der Waals surface area (Å²) in [5, 5.41) is 4.17. The molecular weight excluding hydrogens is 230 g/mol. The quantitative estimate of drug-likeness (QED) is 0.857. The first-order valence-electron chi connectivity index (χ1n) is 6.41. The Labute approximate surface area is 110 Å². The van der Waals surface area contributed by atoms with Crippen LogP contribution in [0.25, 0.3) is 0 Å². The van der Waals surface area contributed by atoms with Gasteiger partial charge in [-0.2, -0.15) is 0 Å². The Morgan fingerprint density at radius 2 is 2.06 bits per heavy atom. The van der Waals surface area contributed by atoms with Crippen LogP contribution in [0.15, 0.2) is 24.3 Å². The molecule has 2 rings (SSSR count). The second-order valence-electron chi connectivity index (χ2n) is 5.67. The largest absolute Gasteiger partial charge is 0.319 e. The number of hydrogen-bond donors (Lipinski definition) is 1. The molecule has 0 aromatic heterocycles. The number of nitrogens with one attached hydrogen (secondary N) is 1. The van der Waals surface area contributed by atoms with Crippen LogP contribution in [0, 0.1) is 11.3 Å². The van der Waals surface area contributed by atoms with Gasteiger partial charge in [-0.15, -0.1) is 0 Å². The van der Waals surface area contributed by atoms with Crippen LogP contribution in [0.3, 0.4) is 0 Å². The molecule has 1 aliphatic carbocycles. The maximum atomic E-state index is 6.14. The van der Waals surface area contributed by atoms with Gasteiger partial charge in [0.15, 0.2) is 0 Å². The zero-order valence-corrected chi connectivity index (χ0v) is 11.9. The predicted molar refractivity (Wildman–Crippen MR) is 74.6 cm³/mol. The first-order chi connectivity index (χ1) is 8.00. The van der Waals surface area contributed by atoms with Gasteiger partial charge in [-0.05, 0) is 49.0 Å². The van der Waals surface area contributed by atoms with Crippen molar-refractivity contribution >= 4 is 11.6 Å². The monoisotopic (exact) mass is 251 g/mol. The van der Waals surface area contributed by atoms with Crippen LogP contribution in [0.2, 0.25) is 5.02 Å². The van der Waals surface area contributed by atoms with Gasteiger partial charge in [-0.1, -0.05) is 44.5 Å². The van der Waals surface area contributed by atoms with Crippen molar-refractivity contribution in [2.24, 2.45) is 11.3 Å². The SMILES string of the molecule is CCC1(c2cccc(Cl)c2)C(CNC)C1(C)C. The summed E-state index contributed by atoms with van der Waals surface area (Å²) in [6, 6.07) is 8.39. The molecule has 2 atom stereocenters. The molecule has 1 nitrogen and oxygen atoms in total. The molecule has 94 valence electrons. The van der Waals surface area contributed by atoms with Crippen LogP contribution >= 0.6 is 11.6 Å². The summed E-state index contributed by atoms with van der Waals surface area (Å²) in [4.78, 5) is 0. The minimum atomic E-state index is 0.293. The van der Waals surface area contributed by atoms with Crippen molar-refractivity contribution in [1.82, 2.24) is 5.32 Å². The van der Waals surface area contributed by atoms with Crippen LogP contribution in [-0.4, -0.2) is 13.6 Å². The van der Waals surface area contributed by atoms with Crippen LogP contribution in [-0.2, 0) is 5.41 Å². The molecule has 1 saturated carbocycles. The molecule has 0 saturated heterocycles. The van der Waals surface area contributed by atoms with Gasteiger partial charge in [0.05, 0.1) is 0 Å². The molecule has 1 fully saturated rings. The third kappa shape index (κ3) is 1.71. The minimum Gasteiger partial charge on any atom is -0.319 e. The van der Waals surface area contributed by atoms with E-state index in [1.807, 2.05) is 13.1 Å². The third-order valence-corrected chi connectivity index (χ3v) is 5.07. The Kier molecular flexibility index (Phi) is 3.26. The molecule has 0 bridgehead atoms. The molecule has 2 unspecified atom stereocenters. The minimum absolute atomic E-state index is 0.293. The molecule has 0 spiro atoms. The summed E-state index contributed by atoms with van der Waals surface area (Å²) in [6.45, 7) is 8.12. The molecule has 1 aliphatic rings. The Balaban J connectivity index is 2.40. The highest BCUT2D eigenvalue weighted by Gasteiger charge is 2.69. The molecule has 2 heteroatoms. The van der Waals surface area contributed by atoms with E-state index < -0.39 is 0 Å². The van der Waals surface area contributed by atoms with Gasteiger partial charge in [0.25, 0.3) is 0 Å². The lowest BCUT2D eigenvalue weighted by Gasteiger charge is -2.19. The highest BCUT2D eigenvalue weighted by atomic mass is 35.5. The fraction of sp³-hybridized carbons (Fsp3) is 0.600. The highest BCUT2D eigenvalue weighted by Crippen LogP contribution is 2.70. The first kappa shape index (κ1) is 12.9. The van der Waals surface area contributed by atoms with E-state index in [0.717, 1.165) is 11.6 Å². The van der Waals surface area contributed by atoms with E-state index in [0.29, 0.717) is 16.7 Å². The van der Waals surface area contributed by atoms with Crippen LogP contribution < -0.4 is 5.32 Å². The Hall–Kier alpha value is -0.530. The normalized spacial score (nSPS) is 30.3. The van der Waals surface area contributed by atoms with Crippen molar-refractivity contribution < 1.29 is 0 Å². The number of benzene rings is 1. The average Bonchev–Trinajstić information content (AvgIpc) is 2.76. The van der Waals surface area contributed by atoms with E-state index in [4.69, 9.17) is 11.6 Å². The van der Waals surface area contributed by atoms with Crippen LogP contribution in [0.5, 0.6) is 0 Å². The average molecular weight is 252 g/mol. The van der Waals surface area contributed by atoms with E-state index in [1.54, 1.807) is 0 Å². The van der Waals surface area contributed by atoms with E-state index in [9.17, 15) is 0 Å². The number of rotatable bonds is 4. The molecule has 1 aromatic rings. The summed E-state index contributed by atoms with van der Waals surface area (Å²) >= 11 is 6.14. The van der Waals surface area contributed by atoms with Gasteiger partial charge in [0.2, 0.25) is 0 Å². The summed E-state index contributed by atoms with van der Waals surface area (Å²) in [5.74, 6) is 0.698. The summed E-state index contributed by atoms with van der Waals surface area (Å²) in [7, 11) is 2.03. The molecule has 0 radical (unpaired) electrons. The molecule has 1 aromatic carbocycles. The second-order valence-corrected chi connectivity index (χ2v) is 6.10. The molecule has 0 aliphatic heterocycles. The van der Waals surface area contributed by atoms with Crippen molar-refractivity contribution in [3.8, 4) is 0 Å². The fourth-order valence-electron chi connectivity index (χ4n) is 3.84. The smallest absolute Gasteiger partial charge is 0.0408 e. The predicted octanol–water partition coefficient (Wildman–Crippen LogP) is 3.86. The topological polar surface area (TPSA) is 12.0 Å². The Morgan fingerprint density at radius 1 is 1.35 bits per heavy atom. The maximum absolute atomic E-state index is 6.14. The van der Waals surface area contributed by atoms with Gasteiger partial charge in [0, 0.05) is 10.4 Å². The van der Waals surface area contributed by atoms with Gasteiger partial charge in [-0.25, -0.2) is 0 Å². The molecule has 0 amide bonds. The molecule has 0 heterocycles. The third-order valence-electron chi connectivity index (χ3n) is 4.84. The van der Waals surface area contributed by atoms with Crippen molar-refractivity contribution in [2.45, 2.75) is 32.6 Å². The number of hydrogen-bond acceptors (Lipinski definition) is 1. The van der Waals surface area contributed by atoms with E-state index >= 15 is 0 Å². The van der Waals surface area contributed by atoms with Crippen LogP contribution in [0.1, 0.15) is 32.8 Å². The summed E-state index contributed by atoms with van der Waals surface area (Å²) in [6.07, 6.45) is 1.17. The Morgan fingerprint density at radius 3 is 2.59 bits per heavy atom. The standard InChI is InChI=1S/C15H22ClN/c1-5-15(11-7-6-8-12(16)9-11)13(10-17-4)14(15,2)3/h6-9,13,17H,5,10H2,1-4H3. The molecule has 17 heavy (non-hydrogen) atoms. The maximum Gasteiger partial charge on any atom is 0.0408 e. The van der Waals surface area contributed by atoms with E-state index in [-0.39, 0.29) is 0 Å². The zero-order chi connectivity index (χ0) is 12.7. The molecule has 1 N–H and O–H groups in total. The van der Waals surface area contributed by atoms with Gasteiger partial charge < -0.3 is 5.32 Å². The van der Waals surface area contributed by atoms with Gasteiger partial charge in [-0.3, -0.25) is 0 Å². The van der Waals surface area contributed by atoms with Crippen molar-refractivity contribution in [2.75, 3.05) is 13.6 Å². The van der Waals surface area contributed by atoms with E-state index in [1.165, 1.54) is 12.0 Å². The van der Waals surface area contributed by atoms with Crippen molar-refractivity contribution in [1.29, 1.82) is 0 Å². The lowest BCUT2D eigenvalue weighted by Crippen LogP contribution is -2.17. The summed E-state index contributed by atoms with van der Waals surface area (Å²) < 4.78 is 0. The van der Waals surface area contributed by atoms with Crippen LogP contribution in [0.4, 0.5) is 0 Å². The lowest BCUT2D eigenvalue weighted by molar-refractivity contribution is 0.482. The van der Waals surface area contributed by atoms with Gasteiger partial charge >= 0.3 is 0 Å². The van der Waals surface area contributed by atoms with Crippen molar-refractivity contribution in [3.63, 3.8) is 0 Å². The zero-order valence-electron chi connectivity index (χ0n) is 11.2. The molecular formula is C15H22ClN. The van der Waals surface area contributed by atoms with E-state index in [2.05, 4.69) is 44.3 Å². The first-order valence-corrected chi connectivity index (χ1v) is 6.79.